The van der Waals surface area contributed by atoms with Crippen LogP contribution in [0.15, 0.2) is 47.1 Å². The first-order chi connectivity index (χ1) is 11.9. The molecule has 0 radical (unpaired) electrons. The van der Waals surface area contributed by atoms with E-state index in [2.05, 4.69) is 4.74 Å². The van der Waals surface area contributed by atoms with Crippen LogP contribution in [0.5, 0.6) is 0 Å². The summed E-state index contributed by atoms with van der Waals surface area (Å²) < 4.78 is 34.4. The van der Waals surface area contributed by atoms with Gasteiger partial charge in [0.1, 0.15) is 11.5 Å². The van der Waals surface area contributed by atoms with E-state index in [0.29, 0.717) is 5.76 Å². The molecule has 3 rings (SSSR count). The lowest BCUT2D eigenvalue weighted by atomic mass is 10.0. The minimum Gasteiger partial charge on any atom is -0.468 e. The molecule has 0 saturated carbocycles. The maximum atomic E-state index is 12.6. The van der Waals surface area contributed by atoms with Crippen LogP contribution in [0, 0.1) is 0 Å². The molecular formula is C17H17NO6S. The fourth-order valence-electron chi connectivity index (χ4n) is 2.67. The Hall–Kier alpha value is -2.61. The van der Waals surface area contributed by atoms with Gasteiger partial charge in [-0.15, -0.1) is 0 Å². The van der Waals surface area contributed by atoms with Crippen LogP contribution in [0.3, 0.4) is 0 Å². The SMILES string of the molecule is COC(=O)c1ccccc1C(=O)N1CC(S(=O)(=O)Cc2ccco2)C1. The summed E-state index contributed by atoms with van der Waals surface area (Å²) in [5, 5.41) is -0.633. The van der Waals surface area contributed by atoms with E-state index in [-0.39, 0.29) is 35.9 Å². The number of rotatable bonds is 5. The van der Waals surface area contributed by atoms with Gasteiger partial charge in [-0.3, -0.25) is 4.79 Å². The molecule has 132 valence electrons. The topological polar surface area (TPSA) is 93.9 Å². The molecule has 1 aliphatic rings. The summed E-state index contributed by atoms with van der Waals surface area (Å²) in [5.74, 6) is -0.802. The molecule has 0 N–H and O–H groups in total. The predicted octanol–water partition coefficient (Wildman–Crippen LogP) is 1.51. The predicted molar refractivity (Wildman–Crippen MR) is 88.8 cm³/mol. The van der Waals surface area contributed by atoms with Gasteiger partial charge in [0, 0.05) is 13.1 Å². The maximum Gasteiger partial charge on any atom is 0.338 e. The van der Waals surface area contributed by atoms with E-state index in [1.54, 1.807) is 24.3 Å². The Labute approximate surface area is 145 Å². The molecule has 1 aromatic carbocycles. The highest BCUT2D eigenvalue weighted by Crippen LogP contribution is 2.24. The minimum absolute atomic E-state index is 0.0946. The van der Waals surface area contributed by atoms with E-state index < -0.39 is 21.1 Å². The van der Waals surface area contributed by atoms with E-state index in [4.69, 9.17) is 4.42 Å². The zero-order chi connectivity index (χ0) is 18.0. The fourth-order valence-corrected chi connectivity index (χ4v) is 4.28. The Balaban J connectivity index is 1.69. The van der Waals surface area contributed by atoms with Gasteiger partial charge in [-0.2, -0.15) is 0 Å². The summed E-state index contributed by atoms with van der Waals surface area (Å²) in [6, 6.07) is 9.54. The number of hydrogen-bond acceptors (Lipinski definition) is 6. The molecule has 8 heteroatoms. The number of nitrogens with zero attached hydrogens (tertiary/aromatic N) is 1. The van der Waals surface area contributed by atoms with Crippen LogP contribution in [0.25, 0.3) is 0 Å². The lowest BCUT2D eigenvalue weighted by Gasteiger charge is -2.38. The van der Waals surface area contributed by atoms with Crippen LogP contribution in [-0.2, 0) is 20.3 Å². The maximum absolute atomic E-state index is 12.6. The normalized spacial score (nSPS) is 14.8. The van der Waals surface area contributed by atoms with Crippen LogP contribution in [0.2, 0.25) is 0 Å². The molecule has 25 heavy (non-hydrogen) atoms. The Morgan fingerprint density at radius 3 is 2.44 bits per heavy atom. The van der Waals surface area contributed by atoms with Gasteiger partial charge in [-0.1, -0.05) is 12.1 Å². The van der Waals surface area contributed by atoms with Gasteiger partial charge in [0.2, 0.25) is 0 Å². The Morgan fingerprint density at radius 2 is 1.84 bits per heavy atom. The van der Waals surface area contributed by atoms with E-state index >= 15 is 0 Å². The number of ether oxygens (including phenoxy) is 1. The third-order valence-electron chi connectivity index (χ3n) is 4.13. The smallest absolute Gasteiger partial charge is 0.338 e. The van der Waals surface area contributed by atoms with Gasteiger partial charge < -0.3 is 14.1 Å². The molecule has 0 unspecified atom stereocenters. The molecule has 1 saturated heterocycles. The highest BCUT2D eigenvalue weighted by atomic mass is 32.2. The summed E-state index contributed by atoms with van der Waals surface area (Å²) in [6.07, 6.45) is 1.42. The van der Waals surface area contributed by atoms with E-state index in [9.17, 15) is 18.0 Å². The van der Waals surface area contributed by atoms with Crippen molar-refractivity contribution in [2.45, 2.75) is 11.0 Å². The van der Waals surface area contributed by atoms with E-state index in [1.807, 2.05) is 0 Å². The highest BCUT2D eigenvalue weighted by Gasteiger charge is 2.40. The number of hydrogen-bond donors (Lipinski definition) is 0. The van der Waals surface area contributed by atoms with E-state index in [1.165, 1.54) is 30.4 Å². The molecule has 0 bridgehead atoms. The number of likely N-dealkylation sites (tertiary alicyclic amines) is 1. The molecule has 7 nitrogen and oxygen atoms in total. The van der Waals surface area contributed by atoms with Crippen molar-refractivity contribution in [3.8, 4) is 0 Å². The van der Waals surface area contributed by atoms with Crippen LogP contribution >= 0.6 is 0 Å². The summed E-state index contributed by atoms with van der Waals surface area (Å²) in [6.45, 7) is 0.189. The largest absolute Gasteiger partial charge is 0.468 e. The fraction of sp³-hybridized carbons (Fsp3) is 0.294. The van der Waals surface area contributed by atoms with Crippen molar-refractivity contribution in [1.82, 2.24) is 4.90 Å². The zero-order valence-electron chi connectivity index (χ0n) is 13.5. The van der Waals surface area contributed by atoms with Gasteiger partial charge >= 0.3 is 5.97 Å². The van der Waals surface area contributed by atoms with Crippen molar-refractivity contribution in [2.75, 3.05) is 20.2 Å². The third kappa shape index (κ3) is 3.43. The first-order valence-electron chi connectivity index (χ1n) is 7.63. The van der Waals surface area contributed by atoms with Crippen molar-refractivity contribution in [2.24, 2.45) is 0 Å². The second-order valence-electron chi connectivity index (χ2n) is 5.76. The quantitative estimate of drug-likeness (QED) is 0.748. The molecular weight excluding hydrogens is 346 g/mol. The van der Waals surface area contributed by atoms with Gasteiger partial charge in [0.25, 0.3) is 5.91 Å². The average molecular weight is 363 g/mol. The van der Waals surface area contributed by atoms with E-state index in [0.717, 1.165) is 0 Å². The number of furan rings is 1. The number of esters is 1. The van der Waals surface area contributed by atoms with Gasteiger partial charge in [0.05, 0.1) is 29.7 Å². The Bertz CT molecular complexity index is 882. The number of methoxy groups -OCH3 is 1. The number of amides is 1. The van der Waals surface area contributed by atoms with Gasteiger partial charge in [0.15, 0.2) is 9.84 Å². The first kappa shape index (κ1) is 17.2. The molecule has 2 heterocycles. The number of carbonyl (C=O) groups excluding carboxylic acids is 2. The number of benzene rings is 1. The summed E-state index contributed by atoms with van der Waals surface area (Å²) in [7, 11) is -2.16. The standard InChI is InChI=1S/C17H17NO6S/c1-23-17(20)15-7-3-2-6-14(15)16(19)18-9-13(10-18)25(21,22)11-12-5-4-8-24-12/h2-8,13H,9-11H2,1H3. The summed E-state index contributed by atoms with van der Waals surface area (Å²) in [5.41, 5.74) is 0.369. The minimum atomic E-state index is -3.41. The van der Waals surface area contributed by atoms with Crippen molar-refractivity contribution in [3.63, 3.8) is 0 Å². The number of sulfone groups is 1. The van der Waals surface area contributed by atoms with Crippen molar-refractivity contribution in [1.29, 1.82) is 0 Å². The first-order valence-corrected chi connectivity index (χ1v) is 9.34. The van der Waals surface area contributed by atoms with Crippen LogP contribution in [0.1, 0.15) is 26.5 Å². The molecule has 0 aliphatic carbocycles. The van der Waals surface area contributed by atoms with Crippen molar-refractivity contribution < 1.29 is 27.2 Å². The molecule has 1 aromatic heterocycles. The monoisotopic (exact) mass is 363 g/mol. The molecule has 1 aliphatic heterocycles. The number of carbonyl (C=O) groups is 2. The summed E-state index contributed by atoms with van der Waals surface area (Å²) in [4.78, 5) is 25.7. The molecule has 0 spiro atoms. The molecule has 1 fully saturated rings. The summed E-state index contributed by atoms with van der Waals surface area (Å²) >= 11 is 0. The molecule has 1 amide bonds. The second-order valence-corrected chi connectivity index (χ2v) is 8.04. The van der Waals surface area contributed by atoms with Crippen molar-refractivity contribution in [3.05, 3.63) is 59.5 Å². The van der Waals surface area contributed by atoms with Crippen LogP contribution in [-0.4, -0.2) is 50.6 Å². The third-order valence-corrected chi connectivity index (χ3v) is 6.13. The highest BCUT2D eigenvalue weighted by molar-refractivity contribution is 7.91. The molecule has 2 aromatic rings. The van der Waals surface area contributed by atoms with Crippen LogP contribution < -0.4 is 0 Å². The van der Waals surface area contributed by atoms with Crippen LogP contribution in [0.4, 0.5) is 0 Å². The second kappa shape index (κ2) is 6.72. The van der Waals surface area contributed by atoms with Gasteiger partial charge in [-0.05, 0) is 24.3 Å². The zero-order valence-corrected chi connectivity index (χ0v) is 14.4. The van der Waals surface area contributed by atoms with Crippen molar-refractivity contribution >= 4 is 21.7 Å². The lowest BCUT2D eigenvalue weighted by molar-refractivity contribution is 0.0578. The average Bonchev–Trinajstić information content (AvgIpc) is 3.04. The van der Waals surface area contributed by atoms with Gasteiger partial charge in [-0.25, -0.2) is 13.2 Å². The molecule has 0 atom stereocenters. The Morgan fingerprint density at radius 1 is 1.16 bits per heavy atom. The lowest BCUT2D eigenvalue weighted by Crippen LogP contribution is -2.57. The Kier molecular flexibility index (Phi) is 4.63.